The molecule has 0 aromatic heterocycles. The topological polar surface area (TPSA) is 116 Å². The van der Waals surface area contributed by atoms with E-state index >= 15 is 0 Å². The van der Waals surface area contributed by atoms with E-state index in [1.54, 1.807) is 12.1 Å². The van der Waals surface area contributed by atoms with Crippen LogP contribution >= 0.6 is 0 Å². The Balaban J connectivity index is 0.00000462. The number of amides is 1. The Bertz CT molecular complexity index is 1410. The second-order valence-corrected chi connectivity index (χ2v) is 12.4. The second-order valence-electron chi connectivity index (χ2n) is 10.5. The molecule has 1 aliphatic rings. The van der Waals surface area contributed by atoms with E-state index in [0.29, 0.717) is 30.9 Å². The van der Waals surface area contributed by atoms with Crippen molar-refractivity contribution in [3.63, 3.8) is 0 Å². The van der Waals surface area contributed by atoms with Crippen molar-refractivity contribution in [2.75, 3.05) is 13.1 Å². The summed E-state index contributed by atoms with van der Waals surface area (Å²) in [5, 5.41) is 15.1. The molecule has 41 heavy (non-hydrogen) atoms. The molecule has 1 aliphatic heterocycles. The van der Waals surface area contributed by atoms with Crippen molar-refractivity contribution in [2.24, 2.45) is 5.92 Å². The molecule has 0 aliphatic carbocycles. The Labute approximate surface area is 285 Å². The molecule has 3 aromatic carbocycles. The van der Waals surface area contributed by atoms with Gasteiger partial charge in [-0.2, -0.15) is 4.31 Å². The quantitative estimate of drug-likeness (QED) is 0.244. The van der Waals surface area contributed by atoms with E-state index in [1.165, 1.54) is 12.1 Å². The van der Waals surface area contributed by atoms with Gasteiger partial charge in [0, 0.05) is 24.2 Å². The van der Waals surface area contributed by atoms with Crippen LogP contribution in [-0.2, 0) is 19.6 Å². The molecule has 1 N–H and O–H groups in total. The van der Waals surface area contributed by atoms with Crippen molar-refractivity contribution < 1.29 is 79.2 Å². The summed E-state index contributed by atoms with van der Waals surface area (Å²) in [4.78, 5) is 25.5. The standard InChI is InChI=1S/C31H36N2O6S.K/c1-21(2)20-33(40(37,38)23-17-15-22(3)16-18-23)26(31(35)36)12-8-9-19-32-30(34)29-24-10-4-6-13-27(24)39-28-14-7-5-11-25(28)29;/h4-7,10-11,13-18,21,26,29H,8-9,12,19-20H2,1-3H3,(H,32,34)(H,35,36);/q;+1/p-1/t26-;/m0./s1. The van der Waals surface area contributed by atoms with Crippen molar-refractivity contribution in [1.29, 1.82) is 0 Å². The van der Waals surface area contributed by atoms with Crippen molar-refractivity contribution in [1.82, 2.24) is 9.62 Å². The summed E-state index contributed by atoms with van der Waals surface area (Å²) in [7, 11) is -4.05. The number of unbranched alkanes of at least 4 members (excludes halogenated alkanes) is 1. The van der Waals surface area contributed by atoms with Crippen molar-refractivity contribution in [3.05, 3.63) is 89.5 Å². The van der Waals surface area contributed by atoms with E-state index in [2.05, 4.69) is 5.32 Å². The molecule has 212 valence electrons. The van der Waals surface area contributed by atoms with Crippen LogP contribution in [0.2, 0.25) is 0 Å². The van der Waals surface area contributed by atoms with E-state index < -0.39 is 28.0 Å². The van der Waals surface area contributed by atoms with E-state index in [0.717, 1.165) is 21.0 Å². The zero-order valence-electron chi connectivity index (χ0n) is 24.0. The predicted octanol–water partition coefficient (Wildman–Crippen LogP) is 0.989. The first-order valence-electron chi connectivity index (χ1n) is 13.5. The van der Waals surface area contributed by atoms with Gasteiger partial charge in [0.15, 0.2) is 0 Å². The number of para-hydroxylation sites is 2. The monoisotopic (exact) mass is 602 g/mol. The summed E-state index contributed by atoms with van der Waals surface area (Å²) >= 11 is 0. The average Bonchev–Trinajstić information content (AvgIpc) is 2.92. The van der Waals surface area contributed by atoms with Gasteiger partial charge in [-0.05, 0) is 56.4 Å². The van der Waals surface area contributed by atoms with Gasteiger partial charge < -0.3 is 20.0 Å². The smallest absolute Gasteiger partial charge is 0.548 e. The molecule has 0 radical (unpaired) electrons. The molecule has 4 rings (SSSR count). The summed E-state index contributed by atoms with van der Waals surface area (Å²) in [6.45, 7) is 5.90. The molecular formula is C31H35KN2O6S. The van der Waals surface area contributed by atoms with Crippen LogP contribution in [0.15, 0.2) is 77.7 Å². The zero-order chi connectivity index (χ0) is 28.9. The molecule has 8 nitrogen and oxygen atoms in total. The first-order chi connectivity index (χ1) is 19.1. The Hall–Kier alpha value is -2.05. The summed E-state index contributed by atoms with van der Waals surface area (Å²) in [5.74, 6) is -0.958. The maximum absolute atomic E-state index is 13.4. The van der Waals surface area contributed by atoms with Crippen LogP contribution in [0.4, 0.5) is 0 Å². The van der Waals surface area contributed by atoms with E-state index in [9.17, 15) is 23.1 Å². The number of hydrogen-bond acceptors (Lipinski definition) is 6. The fourth-order valence-electron chi connectivity index (χ4n) is 4.95. The Kier molecular flexibility index (Phi) is 12.2. The van der Waals surface area contributed by atoms with Crippen LogP contribution in [0.5, 0.6) is 11.5 Å². The third kappa shape index (κ3) is 8.07. The normalized spacial score (nSPS) is 13.5. The minimum Gasteiger partial charge on any atom is -0.548 e. The number of carboxylic acids is 1. The Morgan fingerprint density at radius 3 is 2.02 bits per heavy atom. The average molecular weight is 603 g/mol. The number of aliphatic carboxylic acids is 1. The molecule has 10 heteroatoms. The molecule has 0 spiro atoms. The molecule has 3 aromatic rings. The molecule has 0 fully saturated rings. The Morgan fingerprint density at radius 2 is 1.49 bits per heavy atom. The number of nitrogens with zero attached hydrogens (tertiary/aromatic N) is 1. The van der Waals surface area contributed by atoms with E-state index in [-0.39, 0.29) is 81.1 Å². The minimum atomic E-state index is -4.05. The van der Waals surface area contributed by atoms with Gasteiger partial charge in [-0.15, -0.1) is 0 Å². The van der Waals surface area contributed by atoms with Crippen molar-refractivity contribution >= 4 is 21.9 Å². The fourth-order valence-corrected chi connectivity index (χ4v) is 6.72. The summed E-state index contributed by atoms with van der Waals surface area (Å²) in [6.07, 6.45) is 0.930. The van der Waals surface area contributed by atoms with Gasteiger partial charge in [0.1, 0.15) is 11.5 Å². The van der Waals surface area contributed by atoms with Gasteiger partial charge in [0.2, 0.25) is 15.9 Å². The molecular weight excluding hydrogens is 568 g/mol. The molecule has 1 atom stereocenters. The number of nitrogens with one attached hydrogen (secondary N) is 1. The van der Waals surface area contributed by atoms with Gasteiger partial charge >= 0.3 is 51.4 Å². The number of carbonyl (C=O) groups excluding carboxylic acids is 2. The summed E-state index contributed by atoms with van der Waals surface area (Å²) in [5.41, 5.74) is 2.46. The number of rotatable bonds is 12. The molecule has 0 saturated heterocycles. The van der Waals surface area contributed by atoms with Gasteiger partial charge in [0.05, 0.1) is 22.8 Å². The zero-order valence-corrected chi connectivity index (χ0v) is 27.9. The van der Waals surface area contributed by atoms with Crippen LogP contribution in [-0.4, -0.2) is 43.7 Å². The van der Waals surface area contributed by atoms with Crippen LogP contribution in [0.3, 0.4) is 0 Å². The largest absolute Gasteiger partial charge is 1.00 e. The number of aryl methyl sites for hydroxylation is 1. The first kappa shape index (κ1) is 33.4. The van der Waals surface area contributed by atoms with Crippen LogP contribution in [0, 0.1) is 12.8 Å². The number of fused-ring (bicyclic) bond motifs is 2. The van der Waals surface area contributed by atoms with Gasteiger partial charge in [-0.3, -0.25) is 4.79 Å². The molecule has 1 amide bonds. The molecule has 0 bridgehead atoms. The van der Waals surface area contributed by atoms with Crippen molar-refractivity contribution in [2.45, 2.75) is 56.9 Å². The number of benzene rings is 3. The molecule has 0 saturated carbocycles. The van der Waals surface area contributed by atoms with E-state index in [4.69, 9.17) is 4.74 Å². The number of hydrogen-bond donors (Lipinski definition) is 1. The maximum Gasteiger partial charge on any atom is 1.00 e. The van der Waals surface area contributed by atoms with Gasteiger partial charge in [-0.25, -0.2) is 8.42 Å². The van der Waals surface area contributed by atoms with Crippen LogP contribution in [0.1, 0.15) is 55.7 Å². The van der Waals surface area contributed by atoms with Gasteiger partial charge in [0.25, 0.3) is 0 Å². The predicted molar refractivity (Wildman–Crippen MR) is 150 cm³/mol. The third-order valence-corrected chi connectivity index (χ3v) is 8.83. The molecule has 0 unspecified atom stereocenters. The first-order valence-corrected chi connectivity index (χ1v) is 15.0. The number of carboxylic acid groups (broad SMARTS) is 1. The van der Waals surface area contributed by atoms with Gasteiger partial charge in [-0.1, -0.05) is 67.9 Å². The summed E-state index contributed by atoms with van der Waals surface area (Å²) < 4.78 is 33.9. The number of ether oxygens (including phenoxy) is 1. The third-order valence-electron chi connectivity index (χ3n) is 6.94. The summed E-state index contributed by atoms with van der Waals surface area (Å²) in [6, 6.07) is 19.9. The van der Waals surface area contributed by atoms with Crippen molar-refractivity contribution in [3.8, 4) is 11.5 Å². The van der Waals surface area contributed by atoms with Crippen LogP contribution < -0.4 is 66.5 Å². The second kappa shape index (κ2) is 14.9. The van der Waals surface area contributed by atoms with Crippen LogP contribution in [0.25, 0.3) is 0 Å². The SMILES string of the molecule is Cc1ccc(S(=O)(=O)N(CC(C)C)[C@@H](CCCCNC(=O)C2c3ccccc3Oc3ccccc32)C(=O)[O-])cc1.[K+]. The number of sulfonamides is 1. The Morgan fingerprint density at radius 1 is 0.927 bits per heavy atom. The fraction of sp³-hybridized carbons (Fsp3) is 0.355. The maximum atomic E-state index is 13.4. The minimum absolute atomic E-state index is 0. The molecule has 1 heterocycles. The number of carbonyl (C=O) groups is 2. The van der Waals surface area contributed by atoms with E-state index in [1.807, 2.05) is 69.3 Å².